The van der Waals surface area contributed by atoms with Gasteiger partial charge < -0.3 is 4.55 Å². The molecule has 1 aromatic carbocycles. The first-order chi connectivity index (χ1) is 10.1. The second-order valence-electron chi connectivity index (χ2n) is 3.94. The van der Waals surface area contributed by atoms with Crippen molar-refractivity contribution in [3.8, 4) is 0 Å². The summed E-state index contributed by atoms with van der Waals surface area (Å²) in [6, 6.07) is 5.87. The highest BCUT2D eigenvalue weighted by Gasteiger charge is 2.19. The highest BCUT2D eigenvalue weighted by atomic mass is 32.2. The van der Waals surface area contributed by atoms with Crippen LogP contribution in [0.3, 0.4) is 0 Å². The number of carbonyl (C=O) groups excluding carboxylic acids is 1. The SMILES string of the molecule is C=CC(NS(=O)[O-])c1ccccc1C(=O)c1ncncn1. The summed E-state index contributed by atoms with van der Waals surface area (Å²) in [5.41, 5.74) is 0.772. The first kappa shape index (κ1) is 15.1. The molecule has 0 aliphatic carbocycles. The van der Waals surface area contributed by atoms with E-state index in [9.17, 15) is 13.6 Å². The number of aromatic nitrogens is 3. The third-order valence-electron chi connectivity index (χ3n) is 2.70. The van der Waals surface area contributed by atoms with Crippen LogP contribution in [0.2, 0.25) is 0 Å². The van der Waals surface area contributed by atoms with Gasteiger partial charge in [0.05, 0.1) is 6.04 Å². The monoisotopic (exact) mass is 303 g/mol. The van der Waals surface area contributed by atoms with Gasteiger partial charge in [0.25, 0.3) is 0 Å². The molecular formula is C13H11N4O3S-. The number of benzene rings is 1. The van der Waals surface area contributed by atoms with E-state index >= 15 is 0 Å². The van der Waals surface area contributed by atoms with Crippen LogP contribution in [-0.2, 0) is 11.3 Å². The summed E-state index contributed by atoms with van der Waals surface area (Å²) in [5.74, 6) is -0.429. The van der Waals surface area contributed by atoms with E-state index in [0.717, 1.165) is 0 Å². The van der Waals surface area contributed by atoms with Gasteiger partial charge >= 0.3 is 0 Å². The third-order valence-corrected chi connectivity index (χ3v) is 3.14. The molecule has 0 aliphatic rings. The van der Waals surface area contributed by atoms with Gasteiger partial charge in [-0.25, -0.2) is 19.7 Å². The number of nitrogens with one attached hydrogen (secondary N) is 1. The Morgan fingerprint density at radius 2 is 2.00 bits per heavy atom. The molecule has 0 fully saturated rings. The minimum Gasteiger partial charge on any atom is -0.760 e. The Bertz CT molecular complexity index is 678. The normalized spacial score (nSPS) is 13.4. The maximum atomic E-state index is 12.4. The molecule has 2 unspecified atom stereocenters. The van der Waals surface area contributed by atoms with E-state index in [1.807, 2.05) is 0 Å². The largest absolute Gasteiger partial charge is 0.760 e. The summed E-state index contributed by atoms with van der Waals surface area (Å²) in [6.45, 7) is 3.58. The van der Waals surface area contributed by atoms with Crippen LogP contribution >= 0.6 is 0 Å². The van der Waals surface area contributed by atoms with Crippen LogP contribution in [0.15, 0.2) is 49.6 Å². The molecule has 0 radical (unpaired) electrons. The molecular weight excluding hydrogens is 292 g/mol. The van der Waals surface area contributed by atoms with Gasteiger partial charge in [-0.1, -0.05) is 30.3 Å². The van der Waals surface area contributed by atoms with Gasteiger partial charge in [0, 0.05) is 16.8 Å². The molecule has 0 amide bonds. The molecule has 7 nitrogen and oxygen atoms in total. The Hall–Kier alpha value is -2.29. The summed E-state index contributed by atoms with van der Waals surface area (Å²) in [5, 5.41) is 0. The number of hydrogen-bond donors (Lipinski definition) is 1. The summed E-state index contributed by atoms with van der Waals surface area (Å²) < 4.78 is 23.9. The Kier molecular flexibility index (Phi) is 4.99. The van der Waals surface area contributed by atoms with Crippen molar-refractivity contribution in [2.75, 3.05) is 0 Å². The van der Waals surface area contributed by atoms with Gasteiger partial charge in [0.15, 0.2) is 0 Å². The predicted molar refractivity (Wildman–Crippen MR) is 74.7 cm³/mol. The summed E-state index contributed by atoms with van der Waals surface area (Å²) in [7, 11) is 0. The van der Waals surface area contributed by atoms with Crippen LogP contribution in [0.5, 0.6) is 0 Å². The Balaban J connectivity index is 2.43. The standard InChI is InChI=1S/C13H12N4O3S/c1-2-11(17-21(19)20)9-5-3-4-6-10(9)12(18)13-15-7-14-8-16-13/h2-8,11,17H,1H2,(H,19,20)/p-1. The molecule has 0 saturated carbocycles. The van der Waals surface area contributed by atoms with Crippen molar-refractivity contribution in [1.82, 2.24) is 19.7 Å². The van der Waals surface area contributed by atoms with Crippen LogP contribution in [0.25, 0.3) is 0 Å². The molecule has 0 bridgehead atoms. The fourth-order valence-corrected chi connectivity index (χ4v) is 2.22. The predicted octanol–water partition coefficient (Wildman–Crippen LogP) is 0.713. The van der Waals surface area contributed by atoms with Crippen LogP contribution < -0.4 is 4.72 Å². The van der Waals surface area contributed by atoms with Crippen LogP contribution in [-0.4, -0.2) is 29.5 Å². The molecule has 108 valence electrons. The van der Waals surface area contributed by atoms with Crippen molar-refractivity contribution in [1.29, 1.82) is 0 Å². The zero-order valence-electron chi connectivity index (χ0n) is 10.8. The number of hydrogen-bond acceptors (Lipinski definition) is 6. The molecule has 1 heterocycles. The van der Waals surface area contributed by atoms with Crippen LogP contribution in [0.4, 0.5) is 0 Å². The van der Waals surface area contributed by atoms with Crippen molar-refractivity contribution in [2.45, 2.75) is 6.04 Å². The molecule has 0 spiro atoms. The summed E-state index contributed by atoms with van der Waals surface area (Å²) in [4.78, 5) is 23.7. The van der Waals surface area contributed by atoms with E-state index < -0.39 is 23.1 Å². The van der Waals surface area contributed by atoms with E-state index in [1.165, 1.54) is 18.7 Å². The van der Waals surface area contributed by atoms with Gasteiger partial charge in [-0.2, -0.15) is 0 Å². The average molecular weight is 303 g/mol. The topological polar surface area (TPSA) is 108 Å². The van der Waals surface area contributed by atoms with Crippen molar-refractivity contribution in [3.05, 3.63) is 66.5 Å². The average Bonchev–Trinajstić information content (AvgIpc) is 2.52. The zero-order chi connectivity index (χ0) is 15.2. The lowest BCUT2D eigenvalue weighted by atomic mass is 9.97. The zero-order valence-corrected chi connectivity index (χ0v) is 11.6. The van der Waals surface area contributed by atoms with Gasteiger partial charge in [-0.05, 0) is 5.56 Å². The number of ketones is 1. The van der Waals surface area contributed by atoms with Gasteiger partial charge in [-0.15, -0.1) is 6.58 Å². The summed E-state index contributed by atoms with van der Waals surface area (Å²) in [6.07, 6.45) is 3.84. The molecule has 2 atom stereocenters. The molecule has 1 N–H and O–H groups in total. The van der Waals surface area contributed by atoms with Gasteiger partial charge in [-0.3, -0.25) is 9.00 Å². The second kappa shape index (κ2) is 6.93. The van der Waals surface area contributed by atoms with E-state index in [0.29, 0.717) is 11.1 Å². The number of carbonyl (C=O) groups is 1. The van der Waals surface area contributed by atoms with Gasteiger partial charge in [0.1, 0.15) is 12.7 Å². The molecule has 21 heavy (non-hydrogen) atoms. The second-order valence-corrected chi connectivity index (χ2v) is 4.65. The first-order valence-corrected chi connectivity index (χ1v) is 6.94. The molecule has 1 aromatic heterocycles. The lowest BCUT2D eigenvalue weighted by Gasteiger charge is -2.19. The molecule has 2 rings (SSSR count). The van der Waals surface area contributed by atoms with E-state index in [-0.39, 0.29) is 5.82 Å². The Morgan fingerprint density at radius 1 is 1.33 bits per heavy atom. The smallest absolute Gasteiger partial charge is 0.230 e. The maximum absolute atomic E-state index is 12.4. The molecule has 0 aliphatic heterocycles. The van der Waals surface area contributed by atoms with E-state index in [4.69, 9.17) is 0 Å². The van der Waals surface area contributed by atoms with Crippen molar-refractivity contribution < 1.29 is 13.6 Å². The highest BCUT2D eigenvalue weighted by molar-refractivity contribution is 7.77. The van der Waals surface area contributed by atoms with Gasteiger partial charge in [0.2, 0.25) is 11.6 Å². The highest BCUT2D eigenvalue weighted by Crippen LogP contribution is 2.21. The quantitative estimate of drug-likeness (QED) is 0.478. The lowest BCUT2D eigenvalue weighted by Crippen LogP contribution is -2.23. The first-order valence-electron chi connectivity index (χ1n) is 5.87. The molecule has 0 saturated heterocycles. The van der Waals surface area contributed by atoms with E-state index in [2.05, 4.69) is 26.3 Å². The van der Waals surface area contributed by atoms with Crippen LogP contribution in [0, 0.1) is 0 Å². The minimum absolute atomic E-state index is 0.0106. The molecule has 8 heteroatoms. The summed E-state index contributed by atoms with van der Waals surface area (Å²) >= 11 is -2.49. The lowest BCUT2D eigenvalue weighted by molar-refractivity contribution is 0.102. The van der Waals surface area contributed by atoms with Crippen LogP contribution in [0.1, 0.15) is 27.8 Å². The fourth-order valence-electron chi connectivity index (χ4n) is 1.79. The van der Waals surface area contributed by atoms with Crippen molar-refractivity contribution in [3.63, 3.8) is 0 Å². The van der Waals surface area contributed by atoms with Crippen molar-refractivity contribution >= 4 is 17.0 Å². The Labute approximate surface area is 123 Å². The van der Waals surface area contributed by atoms with E-state index in [1.54, 1.807) is 24.3 Å². The van der Waals surface area contributed by atoms with Crippen molar-refractivity contribution in [2.24, 2.45) is 0 Å². The third kappa shape index (κ3) is 3.63. The fraction of sp³-hybridized carbons (Fsp3) is 0.0769. The maximum Gasteiger partial charge on any atom is 0.230 e. The number of rotatable bonds is 6. The minimum atomic E-state index is -2.49. The number of nitrogens with zero attached hydrogens (tertiary/aromatic N) is 3. The molecule has 2 aromatic rings. The Morgan fingerprint density at radius 3 is 2.62 bits per heavy atom.